The van der Waals surface area contributed by atoms with Crippen molar-refractivity contribution in [3.05, 3.63) is 215 Å². The topological polar surface area (TPSA) is 33.5 Å². The van der Waals surface area contributed by atoms with Gasteiger partial charge >= 0.3 is 0 Å². The zero-order valence-electron chi connectivity index (χ0n) is 49.0. The first-order valence-corrected chi connectivity index (χ1v) is 28.2. The zero-order chi connectivity index (χ0) is 58.5. The number of halogens is 5. The predicted molar refractivity (Wildman–Crippen MR) is 327 cm³/mol. The van der Waals surface area contributed by atoms with Gasteiger partial charge in [0.1, 0.15) is 24.0 Å². The maximum atomic E-state index is 16.8. The Morgan fingerprint density at radius 2 is 1.02 bits per heavy atom. The molecular formula is C72H69F5N4O. The molecule has 10 heteroatoms. The van der Waals surface area contributed by atoms with Crippen molar-refractivity contribution in [1.29, 1.82) is 0 Å². The van der Waals surface area contributed by atoms with Crippen molar-refractivity contribution in [2.24, 2.45) is 0 Å². The number of para-hydroxylation sites is 3. The lowest BCUT2D eigenvalue weighted by Gasteiger charge is -2.31. The number of hydrogen-bond donors (Lipinski definition) is 0. The molecule has 0 N–H and O–H groups in total. The molecule has 5 nitrogen and oxygen atoms in total. The minimum Gasteiger partial charge on any atom is -0.457 e. The van der Waals surface area contributed by atoms with Crippen LogP contribution in [-0.4, -0.2) is 16.2 Å². The molecule has 0 saturated heterocycles. The van der Waals surface area contributed by atoms with Crippen LogP contribution >= 0.6 is 0 Å². The lowest BCUT2D eigenvalue weighted by Crippen LogP contribution is -2.25. The average Bonchev–Trinajstić information content (AvgIpc) is 3.40. The number of benzene rings is 8. The second-order valence-corrected chi connectivity index (χ2v) is 25.6. The van der Waals surface area contributed by atoms with E-state index < -0.39 is 40.1 Å². The third-order valence-corrected chi connectivity index (χ3v) is 16.1. The van der Waals surface area contributed by atoms with Crippen molar-refractivity contribution in [2.75, 3.05) is 16.5 Å². The van der Waals surface area contributed by atoms with E-state index in [1.165, 1.54) is 5.56 Å². The number of anilines is 4. The Hall–Kier alpha value is -8.24. The molecule has 8 aromatic carbocycles. The number of pyridine rings is 1. The summed E-state index contributed by atoms with van der Waals surface area (Å²) in [5.74, 6) is -7.91. The van der Waals surface area contributed by atoms with Gasteiger partial charge in [-0.1, -0.05) is 163 Å². The van der Waals surface area contributed by atoms with E-state index in [9.17, 15) is 0 Å². The summed E-state index contributed by atoms with van der Waals surface area (Å²) in [6.45, 7) is 27.5. The summed E-state index contributed by atoms with van der Waals surface area (Å²) in [5.41, 5.74) is 10.6. The summed E-state index contributed by atoms with van der Waals surface area (Å²) < 4.78 is 89.2. The maximum Gasteiger partial charge on any atom is 0.200 e. The van der Waals surface area contributed by atoms with E-state index in [1.807, 2.05) is 92.5 Å². The van der Waals surface area contributed by atoms with Crippen molar-refractivity contribution in [3.8, 4) is 50.7 Å². The van der Waals surface area contributed by atoms with Gasteiger partial charge in [0.25, 0.3) is 0 Å². The molecule has 0 radical (unpaired) electrons. The minimum absolute atomic E-state index is 0.0725. The Labute approximate surface area is 478 Å². The number of rotatable bonds is 10. The van der Waals surface area contributed by atoms with Crippen LogP contribution < -0.4 is 14.5 Å². The van der Waals surface area contributed by atoms with Gasteiger partial charge in [0.2, 0.25) is 5.82 Å². The summed E-state index contributed by atoms with van der Waals surface area (Å²) in [6, 6.07) is 51.0. The largest absolute Gasteiger partial charge is 0.457 e. The molecule has 1 aliphatic heterocycles. The van der Waals surface area contributed by atoms with E-state index in [0.29, 0.717) is 34.0 Å². The highest BCUT2D eigenvalue weighted by atomic mass is 19.2. The normalized spacial score (nSPS) is 13.1. The smallest absolute Gasteiger partial charge is 0.200 e. The van der Waals surface area contributed by atoms with Gasteiger partial charge in [-0.05, 0) is 139 Å². The van der Waals surface area contributed by atoms with E-state index in [4.69, 9.17) is 9.72 Å². The quantitative estimate of drug-likeness (QED) is 0.0776. The Morgan fingerprint density at radius 3 is 1.65 bits per heavy atom. The van der Waals surface area contributed by atoms with Gasteiger partial charge in [-0.3, -0.25) is 4.57 Å². The van der Waals surface area contributed by atoms with Crippen molar-refractivity contribution < 1.29 is 26.7 Å². The van der Waals surface area contributed by atoms with Crippen LogP contribution in [0.15, 0.2) is 158 Å². The average molecular weight is 1100 g/mol. The van der Waals surface area contributed by atoms with E-state index in [1.54, 1.807) is 6.07 Å². The molecule has 0 aliphatic carbocycles. The van der Waals surface area contributed by atoms with Gasteiger partial charge in [0.05, 0.1) is 33.7 Å². The summed E-state index contributed by atoms with van der Waals surface area (Å²) in [6.07, 6.45) is 1.87. The van der Waals surface area contributed by atoms with Crippen molar-refractivity contribution in [1.82, 2.24) is 9.55 Å². The molecule has 3 heterocycles. The summed E-state index contributed by atoms with van der Waals surface area (Å²) in [5, 5.41) is 2.13. The highest BCUT2D eigenvalue weighted by Gasteiger charge is 2.37. The summed E-state index contributed by atoms with van der Waals surface area (Å²) in [4.78, 5) is 8.96. The van der Waals surface area contributed by atoms with E-state index in [-0.39, 0.29) is 34.9 Å². The standard InChI is InChI=1S/C72H69F5N4O/c1-41(2)44-30-45(42(3)4)32-47(31-44)56-35-50(72(11,12)13)36-57(63-64(73)66(75)68(77)67(76)65(63)74)69(56)80-40-79(59-20-16-17-21-60(59)80)51-33-46(43-22-24-48(25-23-43)70(5,6)7)34-53(38-51)82-52-26-27-55-54-18-14-15-19-58(54)81(61(55)39-52)62-37-49(28-29-78-62)71(8,9)10/h14-39,41-42H,40H2,1-13H3. The van der Waals surface area contributed by atoms with Crippen LogP contribution in [0.25, 0.3) is 61.0 Å². The first-order valence-electron chi connectivity index (χ1n) is 28.2. The monoisotopic (exact) mass is 1100 g/mol. The second-order valence-electron chi connectivity index (χ2n) is 25.6. The van der Waals surface area contributed by atoms with Crippen LogP contribution in [0.2, 0.25) is 0 Å². The third kappa shape index (κ3) is 10.1. The van der Waals surface area contributed by atoms with Gasteiger partial charge in [-0.2, -0.15) is 0 Å². The summed E-state index contributed by atoms with van der Waals surface area (Å²) >= 11 is 0. The molecule has 11 rings (SSSR count). The summed E-state index contributed by atoms with van der Waals surface area (Å²) in [7, 11) is 0. The Morgan fingerprint density at radius 1 is 0.451 bits per heavy atom. The molecule has 0 saturated carbocycles. The lowest BCUT2D eigenvalue weighted by molar-refractivity contribution is 0.381. The fourth-order valence-electron chi connectivity index (χ4n) is 11.3. The molecule has 0 fully saturated rings. The molecular weight excluding hydrogens is 1030 g/mol. The SMILES string of the molecule is CC(C)c1cc(-c2cc(C(C)(C)C)cc(-c3c(F)c(F)c(F)c(F)c3F)c2N2CN(c3cc(Oc4ccc5c6ccccc6n(-c6cc(C(C)(C)C)ccn6)c5c4)cc(-c4ccc(C(C)(C)C)cc4)c3)c3ccccc32)cc(C(C)C)c1. The number of ether oxygens (including phenoxy) is 1. The Balaban J connectivity index is 1.13. The van der Waals surface area contributed by atoms with Crippen LogP contribution in [-0.2, 0) is 16.2 Å². The van der Waals surface area contributed by atoms with Gasteiger partial charge < -0.3 is 14.5 Å². The molecule has 2 aromatic heterocycles. The van der Waals surface area contributed by atoms with Gasteiger partial charge in [-0.25, -0.2) is 26.9 Å². The van der Waals surface area contributed by atoms with Crippen molar-refractivity contribution >= 4 is 44.6 Å². The van der Waals surface area contributed by atoms with E-state index in [2.05, 4.69) is 164 Å². The van der Waals surface area contributed by atoms with Crippen LogP contribution in [0.5, 0.6) is 11.5 Å². The highest BCUT2D eigenvalue weighted by Crippen LogP contribution is 2.54. The van der Waals surface area contributed by atoms with Crippen molar-refractivity contribution in [2.45, 2.75) is 118 Å². The van der Waals surface area contributed by atoms with E-state index in [0.717, 1.165) is 72.4 Å². The number of aromatic nitrogens is 2. The maximum absolute atomic E-state index is 16.8. The molecule has 10 aromatic rings. The fraction of sp³-hybridized carbons (Fsp3) is 0.264. The van der Waals surface area contributed by atoms with Crippen LogP contribution in [0, 0.1) is 29.1 Å². The van der Waals surface area contributed by atoms with Crippen LogP contribution in [0.4, 0.5) is 44.7 Å². The zero-order valence-corrected chi connectivity index (χ0v) is 49.0. The van der Waals surface area contributed by atoms with Gasteiger partial charge in [-0.15, -0.1) is 0 Å². The molecule has 0 atom stereocenters. The molecule has 0 spiro atoms. The lowest BCUT2D eigenvalue weighted by atomic mass is 9.81. The molecule has 418 valence electrons. The van der Waals surface area contributed by atoms with Crippen LogP contribution in [0.3, 0.4) is 0 Å². The molecule has 1 aliphatic rings. The molecule has 0 bridgehead atoms. The number of nitrogens with zero attached hydrogens (tertiary/aromatic N) is 4. The predicted octanol–water partition coefficient (Wildman–Crippen LogP) is 21.1. The first-order chi connectivity index (χ1) is 38.8. The molecule has 82 heavy (non-hydrogen) atoms. The number of fused-ring (bicyclic) bond motifs is 4. The fourth-order valence-corrected chi connectivity index (χ4v) is 11.3. The van der Waals surface area contributed by atoms with Crippen molar-refractivity contribution in [3.63, 3.8) is 0 Å². The third-order valence-electron chi connectivity index (χ3n) is 16.1. The second kappa shape index (κ2) is 20.6. The minimum atomic E-state index is -2.22. The Kier molecular flexibility index (Phi) is 14.0. The first kappa shape index (κ1) is 55.7. The van der Waals surface area contributed by atoms with Gasteiger partial charge in [0, 0.05) is 45.9 Å². The Bertz CT molecular complexity index is 4080. The van der Waals surface area contributed by atoms with Gasteiger partial charge in [0.15, 0.2) is 23.3 Å². The highest BCUT2D eigenvalue weighted by molar-refractivity contribution is 6.09. The number of hydrogen-bond acceptors (Lipinski definition) is 4. The molecule has 0 unspecified atom stereocenters. The van der Waals surface area contributed by atoms with Crippen LogP contribution in [0.1, 0.15) is 130 Å². The molecule has 0 amide bonds. The van der Waals surface area contributed by atoms with E-state index >= 15 is 22.0 Å².